The zero-order valence-electron chi connectivity index (χ0n) is 5.93. The van der Waals surface area contributed by atoms with E-state index in [1.54, 1.807) is 0 Å². The summed E-state index contributed by atoms with van der Waals surface area (Å²) in [5, 5.41) is 0. The molecule has 1 fully saturated rings. The van der Waals surface area contributed by atoms with Crippen molar-refractivity contribution in [1.82, 2.24) is 0 Å². The van der Waals surface area contributed by atoms with Gasteiger partial charge in [0.1, 0.15) is 0 Å². The van der Waals surface area contributed by atoms with Gasteiger partial charge in [0.2, 0.25) is 0 Å². The van der Waals surface area contributed by atoms with Crippen molar-refractivity contribution in [2.45, 2.75) is 38.1 Å². The molecule has 0 heterocycles. The van der Waals surface area contributed by atoms with Crippen LogP contribution in [0, 0.1) is 0 Å². The molecule has 1 rings (SSSR count). The minimum absolute atomic E-state index is 0. The fraction of sp³-hybridized carbons (Fsp3) is 1.00. The average Bonchev–Trinajstić information content (AvgIpc) is 1.69. The summed E-state index contributed by atoms with van der Waals surface area (Å²) in [4.78, 5) is 0. The number of hydrogen-bond acceptors (Lipinski definition) is 0. The van der Waals surface area contributed by atoms with E-state index < -0.39 is 0 Å². The summed E-state index contributed by atoms with van der Waals surface area (Å²) in [6.07, 6.45) is 6.28. The third-order valence-corrected chi connectivity index (χ3v) is 1.61. The van der Waals surface area contributed by atoms with Gasteiger partial charge in [-0.15, -0.1) is 30.9 Å². The first kappa shape index (κ1) is 17.4. The maximum absolute atomic E-state index is 7.27. The summed E-state index contributed by atoms with van der Waals surface area (Å²) in [5.74, 6) is 0. The van der Waals surface area contributed by atoms with Crippen molar-refractivity contribution in [2.75, 3.05) is 0 Å². The number of nitrogens with one attached hydrogen (secondary N) is 1. The molecule has 0 aromatic carbocycles. The third kappa shape index (κ3) is 7.36. The Morgan fingerprint density at radius 1 is 0.900 bits per heavy atom. The topological polar surface area (TPSA) is 23.8 Å². The molecule has 0 amide bonds. The third-order valence-electron chi connectivity index (χ3n) is 1.61. The van der Waals surface area contributed by atoms with Gasteiger partial charge in [-0.3, -0.25) is 0 Å². The van der Waals surface area contributed by atoms with Crippen LogP contribution in [0.15, 0.2) is 0 Å². The molecule has 1 N–H and O–H groups in total. The molecule has 4 heteroatoms. The Morgan fingerprint density at radius 2 is 1.30 bits per heavy atom. The van der Waals surface area contributed by atoms with E-state index in [1.165, 1.54) is 19.3 Å². The van der Waals surface area contributed by atoms with Crippen LogP contribution >= 0.6 is 24.8 Å². The van der Waals surface area contributed by atoms with Crippen molar-refractivity contribution in [3.63, 3.8) is 0 Å². The normalized spacial score (nSPS) is 17.7. The Hall–Kier alpha value is 1.25. The van der Waals surface area contributed by atoms with Gasteiger partial charge < -0.3 is 5.73 Å². The molecule has 10 heavy (non-hydrogen) atoms. The number of halogens is 2. The molecule has 0 aromatic rings. The van der Waals surface area contributed by atoms with Crippen LogP contribution < -0.4 is 0 Å². The molecule has 0 radical (unpaired) electrons. The maximum Gasteiger partial charge on any atom is 0 e. The van der Waals surface area contributed by atoms with Crippen LogP contribution in [-0.2, 0) is 21.7 Å². The molecule has 62 valence electrons. The van der Waals surface area contributed by atoms with Crippen molar-refractivity contribution in [1.29, 1.82) is 0 Å². The molecule has 1 nitrogen and oxygen atoms in total. The summed E-state index contributed by atoms with van der Waals surface area (Å²) in [7, 11) is 0. The molecule has 1 saturated carbocycles. The largest absolute Gasteiger partial charge is 0.675 e. The summed E-state index contributed by atoms with van der Waals surface area (Å²) < 4.78 is 0. The predicted molar refractivity (Wildman–Crippen MR) is 45.7 cm³/mol. The van der Waals surface area contributed by atoms with Gasteiger partial charge in [0.15, 0.2) is 0 Å². The van der Waals surface area contributed by atoms with E-state index >= 15 is 0 Å². The summed E-state index contributed by atoms with van der Waals surface area (Å²) in [6, 6.07) is 0.286. The molecule has 0 spiro atoms. The number of rotatable bonds is 0. The molecular weight excluding hydrogens is 205 g/mol. The van der Waals surface area contributed by atoms with Crippen LogP contribution in [0.2, 0.25) is 0 Å². The molecule has 1 aliphatic rings. The molecular formula is C6H14Cl2NTi-. The van der Waals surface area contributed by atoms with Gasteiger partial charge in [0, 0.05) is 21.7 Å². The molecule has 1 aliphatic carbocycles. The van der Waals surface area contributed by atoms with E-state index in [2.05, 4.69) is 0 Å². The van der Waals surface area contributed by atoms with Crippen molar-refractivity contribution in [2.24, 2.45) is 0 Å². The second-order valence-electron chi connectivity index (χ2n) is 2.33. The standard InChI is InChI=1S/C6H12N.2ClH.Ti/c7-6-4-2-1-3-5-6;;;/h6-7H,1-5H2;2*1H;/q-1;;;. The summed E-state index contributed by atoms with van der Waals surface area (Å²) in [6.45, 7) is 0. The second-order valence-corrected chi connectivity index (χ2v) is 2.33. The Bertz CT molecular complexity index is 57.7. The van der Waals surface area contributed by atoms with E-state index in [4.69, 9.17) is 5.73 Å². The van der Waals surface area contributed by atoms with Gasteiger partial charge in [-0.2, -0.15) is 0 Å². The second kappa shape index (κ2) is 10.3. The van der Waals surface area contributed by atoms with Crippen LogP contribution in [0.3, 0.4) is 0 Å². The Kier molecular flexibility index (Phi) is 17.8. The smallest absolute Gasteiger partial charge is 0 e. The van der Waals surface area contributed by atoms with Crippen LogP contribution in [-0.4, -0.2) is 6.04 Å². The minimum atomic E-state index is 0. The monoisotopic (exact) mass is 218 g/mol. The fourth-order valence-corrected chi connectivity index (χ4v) is 1.10. The molecule has 0 saturated heterocycles. The number of hydrogen-bond donors (Lipinski definition) is 0. The summed E-state index contributed by atoms with van der Waals surface area (Å²) >= 11 is 0. The Morgan fingerprint density at radius 3 is 1.50 bits per heavy atom. The van der Waals surface area contributed by atoms with Crippen molar-refractivity contribution >= 4 is 24.8 Å². The van der Waals surface area contributed by atoms with E-state index in [-0.39, 0.29) is 52.6 Å². The summed E-state index contributed by atoms with van der Waals surface area (Å²) in [5.41, 5.74) is 7.27. The Labute approximate surface area is 90.2 Å². The van der Waals surface area contributed by atoms with Crippen LogP contribution in [0.1, 0.15) is 32.1 Å². The molecule has 0 aliphatic heterocycles. The van der Waals surface area contributed by atoms with E-state index in [0.717, 1.165) is 12.8 Å². The van der Waals surface area contributed by atoms with E-state index in [1.807, 2.05) is 0 Å². The molecule has 0 aromatic heterocycles. The fourth-order valence-electron chi connectivity index (χ4n) is 1.10. The van der Waals surface area contributed by atoms with E-state index in [9.17, 15) is 0 Å². The predicted octanol–water partition coefficient (Wildman–Crippen LogP) is 3.21. The first-order chi connectivity index (χ1) is 3.39. The SMILES string of the molecule is Cl.Cl.[NH-]C1CCCCC1.[Ti]. The van der Waals surface area contributed by atoms with Crippen molar-refractivity contribution in [3.05, 3.63) is 5.73 Å². The quantitative estimate of drug-likeness (QED) is 0.558. The first-order valence-corrected chi connectivity index (χ1v) is 3.11. The van der Waals surface area contributed by atoms with Crippen LogP contribution in [0.4, 0.5) is 0 Å². The maximum atomic E-state index is 7.27. The van der Waals surface area contributed by atoms with Gasteiger partial charge in [-0.25, -0.2) is 0 Å². The van der Waals surface area contributed by atoms with Crippen LogP contribution in [0.5, 0.6) is 0 Å². The molecule has 0 atom stereocenters. The van der Waals surface area contributed by atoms with E-state index in [0.29, 0.717) is 0 Å². The van der Waals surface area contributed by atoms with Gasteiger partial charge >= 0.3 is 0 Å². The van der Waals surface area contributed by atoms with Gasteiger partial charge in [-0.1, -0.05) is 32.1 Å². The average molecular weight is 219 g/mol. The minimum Gasteiger partial charge on any atom is -0.675 e. The van der Waals surface area contributed by atoms with Crippen molar-refractivity contribution < 1.29 is 21.7 Å². The van der Waals surface area contributed by atoms with Crippen LogP contribution in [0.25, 0.3) is 5.73 Å². The van der Waals surface area contributed by atoms with Gasteiger partial charge in [0.05, 0.1) is 0 Å². The molecule has 0 bridgehead atoms. The van der Waals surface area contributed by atoms with Gasteiger partial charge in [-0.05, 0) is 0 Å². The zero-order chi connectivity index (χ0) is 5.11. The Balaban J connectivity index is -0.000000163. The first-order valence-electron chi connectivity index (χ1n) is 3.11. The zero-order valence-corrected chi connectivity index (χ0v) is 9.12. The van der Waals surface area contributed by atoms with Gasteiger partial charge in [0.25, 0.3) is 0 Å². The van der Waals surface area contributed by atoms with Crippen molar-refractivity contribution in [3.8, 4) is 0 Å². The molecule has 0 unspecified atom stereocenters.